The first kappa shape index (κ1) is 20.4. The van der Waals surface area contributed by atoms with E-state index in [1.165, 1.54) is 17.5 Å². The monoisotopic (exact) mass is 432 g/mol. The molecule has 9 nitrogen and oxygen atoms in total. The zero-order valence-corrected chi connectivity index (χ0v) is 17.7. The number of hydrogen-bond acceptors (Lipinski definition) is 7. The van der Waals surface area contributed by atoms with Gasteiger partial charge in [0, 0.05) is 44.4 Å². The van der Waals surface area contributed by atoms with Gasteiger partial charge in [-0.15, -0.1) is 0 Å². The molecule has 0 aliphatic carbocycles. The lowest BCUT2D eigenvalue weighted by molar-refractivity contribution is 0.0866. The number of likely N-dealkylation sites (tertiary alicyclic amines) is 1. The number of carbonyl (C=O) groups is 1. The molecule has 1 N–H and O–H groups in total. The molecule has 2 aliphatic rings. The van der Waals surface area contributed by atoms with Crippen molar-refractivity contribution < 1.29 is 23.1 Å². The summed E-state index contributed by atoms with van der Waals surface area (Å²) in [6.45, 7) is 3.48. The van der Waals surface area contributed by atoms with Gasteiger partial charge in [0.1, 0.15) is 18.2 Å². The molecule has 160 valence electrons. The van der Waals surface area contributed by atoms with Gasteiger partial charge in [0.05, 0.1) is 10.5 Å². The number of ether oxygens (including phenoxy) is 1. The summed E-state index contributed by atoms with van der Waals surface area (Å²) in [4.78, 5) is 23.6. The van der Waals surface area contributed by atoms with Crippen molar-refractivity contribution >= 4 is 27.4 Å². The van der Waals surface area contributed by atoms with Crippen molar-refractivity contribution in [1.82, 2.24) is 14.9 Å². The van der Waals surface area contributed by atoms with Gasteiger partial charge in [-0.3, -0.25) is 0 Å². The maximum absolute atomic E-state index is 11.8. The summed E-state index contributed by atoms with van der Waals surface area (Å²) < 4.78 is 29.8. The zero-order valence-electron chi connectivity index (χ0n) is 16.9. The van der Waals surface area contributed by atoms with Gasteiger partial charge in [0.25, 0.3) is 0 Å². The second-order valence-electron chi connectivity index (χ2n) is 7.68. The zero-order chi connectivity index (χ0) is 21.5. The van der Waals surface area contributed by atoms with Crippen molar-refractivity contribution in [3.05, 3.63) is 35.7 Å². The normalized spacial score (nSPS) is 17.1. The number of hydrogen-bond donors (Lipinski definition) is 1. The molecule has 10 heteroatoms. The summed E-state index contributed by atoms with van der Waals surface area (Å²) >= 11 is 0. The molecule has 30 heavy (non-hydrogen) atoms. The van der Waals surface area contributed by atoms with Crippen LogP contribution in [0.5, 0.6) is 5.88 Å². The number of anilines is 2. The number of carboxylic acid groups (broad SMARTS) is 1. The molecule has 0 radical (unpaired) electrons. The Morgan fingerprint density at radius 3 is 2.60 bits per heavy atom. The number of nitrogens with zero attached hydrogens (tertiary/aromatic N) is 4. The first-order chi connectivity index (χ1) is 14.2. The van der Waals surface area contributed by atoms with E-state index in [1.807, 2.05) is 13.0 Å². The number of benzene rings is 1. The molecule has 0 unspecified atom stereocenters. The van der Waals surface area contributed by atoms with Crippen LogP contribution >= 0.6 is 0 Å². The van der Waals surface area contributed by atoms with E-state index in [4.69, 9.17) is 9.84 Å². The highest BCUT2D eigenvalue weighted by atomic mass is 32.2. The van der Waals surface area contributed by atoms with Gasteiger partial charge in [-0.1, -0.05) is 0 Å². The molecule has 4 rings (SSSR count). The summed E-state index contributed by atoms with van der Waals surface area (Å²) in [5.41, 5.74) is 2.71. The molecular weight excluding hydrogens is 408 g/mol. The molecule has 0 spiro atoms. The predicted octanol–water partition coefficient (Wildman–Crippen LogP) is 2.40. The van der Waals surface area contributed by atoms with E-state index in [9.17, 15) is 13.2 Å². The maximum Gasteiger partial charge on any atom is 0.407 e. The van der Waals surface area contributed by atoms with E-state index in [0.29, 0.717) is 43.3 Å². The highest BCUT2D eigenvalue weighted by molar-refractivity contribution is 7.90. The molecule has 3 heterocycles. The van der Waals surface area contributed by atoms with Crippen LogP contribution in [0.25, 0.3) is 0 Å². The van der Waals surface area contributed by atoms with Gasteiger partial charge in [-0.2, -0.15) is 0 Å². The summed E-state index contributed by atoms with van der Waals surface area (Å²) in [7, 11) is -3.25. The maximum atomic E-state index is 11.8. The molecular formula is C20H24N4O5S. The molecule has 1 saturated heterocycles. The Kier molecular flexibility index (Phi) is 5.27. The topological polar surface area (TPSA) is 113 Å². The molecule has 1 aromatic heterocycles. The van der Waals surface area contributed by atoms with Gasteiger partial charge in [-0.25, -0.2) is 23.2 Å². The van der Waals surface area contributed by atoms with Crippen LogP contribution in [0.1, 0.15) is 24.0 Å². The lowest BCUT2D eigenvalue weighted by Gasteiger charge is -2.30. The fraction of sp³-hybridized carbons (Fsp3) is 0.450. The van der Waals surface area contributed by atoms with Crippen molar-refractivity contribution in [2.75, 3.05) is 30.8 Å². The number of rotatable bonds is 4. The third-order valence-corrected chi connectivity index (χ3v) is 6.74. The van der Waals surface area contributed by atoms with E-state index in [2.05, 4.69) is 14.9 Å². The lowest BCUT2D eigenvalue weighted by Crippen LogP contribution is -2.41. The number of amides is 1. The summed E-state index contributed by atoms with van der Waals surface area (Å²) in [5.74, 6) is 1.23. The van der Waals surface area contributed by atoms with Crippen LogP contribution in [0.3, 0.4) is 0 Å². The Labute approximate surface area is 175 Å². The van der Waals surface area contributed by atoms with E-state index < -0.39 is 15.9 Å². The average Bonchev–Trinajstić information content (AvgIpc) is 3.12. The van der Waals surface area contributed by atoms with Crippen molar-refractivity contribution in [3.63, 3.8) is 0 Å². The molecule has 0 saturated carbocycles. The number of piperidine rings is 1. The van der Waals surface area contributed by atoms with Crippen LogP contribution in [0.4, 0.5) is 16.3 Å². The molecule has 0 bridgehead atoms. The van der Waals surface area contributed by atoms with E-state index in [-0.39, 0.29) is 6.10 Å². The average molecular weight is 433 g/mol. The smallest absolute Gasteiger partial charge is 0.407 e. The summed E-state index contributed by atoms with van der Waals surface area (Å²) in [6.07, 6.45) is 3.64. The summed E-state index contributed by atoms with van der Waals surface area (Å²) in [6, 6.07) is 5.17. The van der Waals surface area contributed by atoms with Crippen LogP contribution in [-0.2, 0) is 16.3 Å². The fourth-order valence-electron chi connectivity index (χ4n) is 3.97. The van der Waals surface area contributed by atoms with E-state index in [0.717, 1.165) is 29.1 Å². The Balaban J connectivity index is 1.54. The minimum Gasteiger partial charge on any atom is -0.474 e. The third kappa shape index (κ3) is 3.91. The van der Waals surface area contributed by atoms with Crippen molar-refractivity contribution in [2.24, 2.45) is 0 Å². The van der Waals surface area contributed by atoms with Crippen molar-refractivity contribution in [3.8, 4) is 5.88 Å². The van der Waals surface area contributed by atoms with Crippen LogP contribution in [0, 0.1) is 6.92 Å². The minimum atomic E-state index is -3.25. The van der Waals surface area contributed by atoms with Gasteiger partial charge >= 0.3 is 6.09 Å². The Bertz CT molecular complexity index is 1080. The van der Waals surface area contributed by atoms with Crippen LogP contribution in [-0.4, -0.2) is 66.5 Å². The minimum absolute atomic E-state index is 0.0924. The largest absolute Gasteiger partial charge is 0.474 e. The molecule has 0 atom stereocenters. The Hall–Kier alpha value is -2.88. The number of aromatic nitrogens is 2. The lowest BCUT2D eigenvalue weighted by atomic mass is 10.1. The molecule has 1 aromatic carbocycles. The van der Waals surface area contributed by atoms with Gasteiger partial charge in [0.2, 0.25) is 5.88 Å². The highest BCUT2D eigenvalue weighted by Gasteiger charge is 2.28. The van der Waals surface area contributed by atoms with Crippen LogP contribution in [0.2, 0.25) is 0 Å². The third-order valence-electron chi connectivity index (χ3n) is 5.63. The van der Waals surface area contributed by atoms with Crippen LogP contribution < -0.4 is 9.64 Å². The van der Waals surface area contributed by atoms with Crippen molar-refractivity contribution in [1.29, 1.82) is 0 Å². The summed E-state index contributed by atoms with van der Waals surface area (Å²) in [5, 5.41) is 9.08. The number of sulfone groups is 1. The molecule has 1 amide bonds. The SMILES string of the molecule is Cc1c(OC2CCN(C(=O)O)CC2)ncnc1N1CCc2cc(S(C)(=O)=O)ccc21. The quantitative estimate of drug-likeness (QED) is 0.784. The van der Waals surface area contributed by atoms with E-state index >= 15 is 0 Å². The predicted molar refractivity (Wildman–Crippen MR) is 110 cm³/mol. The highest BCUT2D eigenvalue weighted by Crippen LogP contribution is 2.38. The molecule has 2 aliphatic heterocycles. The second kappa shape index (κ2) is 7.75. The molecule has 1 fully saturated rings. The van der Waals surface area contributed by atoms with Gasteiger partial charge in [0.15, 0.2) is 9.84 Å². The molecule has 2 aromatic rings. The Morgan fingerprint density at radius 1 is 1.20 bits per heavy atom. The second-order valence-corrected chi connectivity index (χ2v) is 9.69. The van der Waals surface area contributed by atoms with Gasteiger partial charge < -0.3 is 19.6 Å². The van der Waals surface area contributed by atoms with Gasteiger partial charge in [-0.05, 0) is 37.1 Å². The fourth-order valence-corrected chi connectivity index (χ4v) is 4.64. The van der Waals surface area contributed by atoms with Crippen molar-refractivity contribution in [2.45, 2.75) is 37.2 Å². The standard InChI is InChI=1S/C20H24N4O5S/c1-13-18(24-10-5-14-11-16(30(2,27)28)3-4-17(14)24)21-12-22-19(13)29-15-6-8-23(9-7-15)20(25)26/h3-4,11-12,15H,5-10H2,1-2H3,(H,25,26). The number of fused-ring (bicyclic) bond motifs is 1. The van der Waals surface area contributed by atoms with E-state index in [1.54, 1.807) is 12.1 Å². The van der Waals surface area contributed by atoms with Crippen LogP contribution in [0.15, 0.2) is 29.4 Å². The Morgan fingerprint density at radius 2 is 1.93 bits per heavy atom. The first-order valence-corrected chi connectivity index (χ1v) is 11.7. The first-order valence-electron chi connectivity index (χ1n) is 9.80.